The van der Waals surface area contributed by atoms with E-state index in [-0.39, 0.29) is 5.97 Å². The van der Waals surface area contributed by atoms with Crippen molar-refractivity contribution in [1.82, 2.24) is 0 Å². The summed E-state index contributed by atoms with van der Waals surface area (Å²) >= 11 is 2.03. The van der Waals surface area contributed by atoms with E-state index >= 15 is 0 Å². The Morgan fingerprint density at radius 2 is 1.74 bits per heavy atom. The third kappa shape index (κ3) is 7.40. The van der Waals surface area contributed by atoms with Gasteiger partial charge >= 0.3 is 5.97 Å². The molecule has 2 nitrogen and oxygen atoms in total. The molecule has 35 heavy (non-hydrogen) atoms. The number of fused-ring (bicyclic) bond motifs is 1. The molecule has 1 heterocycles. The molecule has 0 fully saturated rings. The molecule has 0 atom stereocenters. The third-order valence-corrected chi connectivity index (χ3v) is 8.54. The summed E-state index contributed by atoms with van der Waals surface area (Å²) in [5.74, 6) is 8.08. The molecule has 3 rings (SSSR count). The van der Waals surface area contributed by atoms with E-state index in [1.54, 1.807) is 0 Å². The molecule has 0 aliphatic carbocycles. The normalized spacial score (nSPS) is 14.1. The van der Waals surface area contributed by atoms with Crippen LogP contribution in [0.1, 0.15) is 107 Å². The molecule has 2 aromatic rings. The summed E-state index contributed by atoms with van der Waals surface area (Å²) in [6.45, 7) is 9.23. The van der Waals surface area contributed by atoms with Gasteiger partial charge in [-0.15, -0.1) is 11.8 Å². The second kappa shape index (κ2) is 13.8. The Morgan fingerprint density at radius 3 is 2.43 bits per heavy atom. The van der Waals surface area contributed by atoms with Crippen LogP contribution in [0.15, 0.2) is 41.3 Å². The van der Waals surface area contributed by atoms with Gasteiger partial charge in [0.05, 0.1) is 6.61 Å². The van der Waals surface area contributed by atoms with Crippen molar-refractivity contribution in [3.05, 3.63) is 64.2 Å². The summed E-state index contributed by atoms with van der Waals surface area (Å²) in [6.07, 6.45) is 10.9. The number of rotatable bonds is 11. The van der Waals surface area contributed by atoms with Gasteiger partial charge in [-0.25, -0.2) is 0 Å². The van der Waals surface area contributed by atoms with Crippen LogP contribution in [0.4, 0.5) is 0 Å². The van der Waals surface area contributed by atoms with Crippen LogP contribution in [0.5, 0.6) is 0 Å². The largest absolute Gasteiger partial charge is 0.466 e. The monoisotopic (exact) mass is 490 g/mol. The molecule has 0 saturated heterocycles. The summed E-state index contributed by atoms with van der Waals surface area (Å²) in [5, 5.41) is 0. The van der Waals surface area contributed by atoms with E-state index in [2.05, 4.69) is 69.0 Å². The molecule has 1 aliphatic heterocycles. The van der Waals surface area contributed by atoms with E-state index in [0.717, 1.165) is 17.5 Å². The number of aryl methyl sites for hydroxylation is 2. The average molecular weight is 491 g/mol. The highest BCUT2D eigenvalue weighted by Gasteiger charge is 2.34. The van der Waals surface area contributed by atoms with Gasteiger partial charge in [0, 0.05) is 22.4 Å². The van der Waals surface area contributed by atoms with E-state index < -0.39 is 0 Å². The summed E-state index contributed by atoms with van der Waals surface area (Å²) in [5.41, 5.74) is 6.59. The fraction of sp³-hybridized carbons (Fsp3) is 0.531. The van der Waals surface area contributed by atoms with Crippen molar-refractivity contribution in [2.24, 2.45) is 0 Å². The molecule has 2 aromatic carbocycles. The second-order valence-corrected chi connectivity index (χ2v) is 10.8. The number of esters is 1. The van der Waals surface area contributed by atoms with Gasteiger partial charge in [0.2, 0.25) is 0 Å². The van der Waals surface area contributed by atoms with Crippen LogP contribution in [0.2, 0.25) is 0 Å². The van der Waals surface area contributed by atoms with Crippen LogP contribution in [-0.4, -0.2) is 18.3 Å². The van der Waals surface area contributed by atoms with Crippen LogP contribution >= 0.6 is 11.8 Å². The maximum absolute atomic E-state index is 11.6. The Balaban J connectivity index is 1.85. The number of unbranched alkanes of at least 4 members (excludes halogenated alkanes) is 3. The lowest BCUT2D eigenvalue weighted by Crippen LogP contribution is -2.29. The number of hydrogen-bond donors (Lipinski definition) is 0. The number of carbonyl (C=O) groups excluding carboxylic acids is 1. The highest BCUT2D eigenvalue weighted by atomic mass is 32.2. The van der Waals surface area contributed by atoms with E-state index in [1.807, 2.05) is 18.7 Å². The van der Waals surface area contributed by atoms with Crippen molar-refractivity contribution in [2.75, 3.05) is 12.4 Å². The molecule has 188 valence electrons. The molecule has 0 N–H and O–H groups in total. The standard InChI is InChI=1S/C32H42O2S/c1-5-9-10-11-12-27-24-30-29(32(6-2,7-3)21-22-35-30)23-28(27)19-17-25-13-15-26(16-14-25)18-20-31(33)34-8-4/h13-16,23-24H,5-12,18,20-22H2,1-4H3. The fourth-order valence-corrected chi connectivity index (χ4v) is 6.44. The Bertz CT molecular complexity index is 1020. The second-order valence-electron chi connectivity index (χ2n) is 9.65. The van der Waals surface area contributed by atoms with E-state index in [4.69, 9.17) is 4.74 Å². The summed E-state index contributed by atoms with van der Waals surface area (Å²) < 4.78 is 5.03. The van der Waals surface area contributed by atoms with Gasteiger partial charge in [0.25, 0.3) is 0 Å². The lowest BCUT2D eigenvalue weighted by atomic mass is 9.72. The molecule has 1 aliphatic rings. The van der Waals surface area contributed by atoms with Gasteiger partial charge in [-0.2, -0.15) is 0 Å². The SMILES string of the molecule is CCCCCCc1cc2c(cc1C#Cc1ccc(CCC(=O)OCC)cc1)C(CC)(CC)CCS2. The Kier molecular flexibility index (Phi) is 10.8. The van der Waals surface area contributed by atoms with E-state index in [1.165, 1.54) is 72.3 Å². The summed E-state index contributed by atoms with van der Waals surface area (Å²) in [6, 6.07) is 13.2. The highest BCUT2D eigenvalue weighted by molar-refractivity contribution is 7.99. The Hall–Kier alpha value is -2.18. The van der Waals surface area contributed by atoms with Crippen molar-refractivity contribution in [1.29, 1.82) is 0 Å². The van der Waals surface area contributed by atoms with Crippen molar-refractivity contribution in [3.8, 4) is 11.8 Å². The van der Waals surface area contributed by atoms with E-state index in [9.17, 15) is 4.79 Å². The lowest BCUT2D eigenvalue weighted by Gasteiger charge is -2.38. The maximum atomic E-state index is 11.6. The van der Waals surface area contributed by atoms with Crippen LogP contribution in [0.3, 0.4) is 0 Å². The predicted molar refractivity (Wildman–Crippen MR) is 149 cm³/mol. The van der Waals surface area contributed by atoms with Gasteiger partial charge in [-0.1, -0.05) is 64.0 Å². The quantitative estimate of drug-likeness (QED) is 0.180. The fourth-order valence-electron chi connectivity index (χ4n) is 5.07. The minimum atomic E-state index is -0.136. The topological polar surface area (TPSA) is 26.3 Å². The van der Waals surface area contributed by atoms with Crippen molar-refractivity contribution < 1.29 is 9.53 Å². The Labute approximate surface area is 217 Å². The highest BCUT2D eigenvalue weighted by Crippen LogP contribution is 2.47. The first-order valence-corrected chi connectivity index (χ1v) is 14.6. The molecular formula is C32H42O2S. The zero-order valence-electron chi connectivity index (χ0n) is 22.2. The number of hydrogen-bond acceptors (Lipinski definition) is 3. The number of benzene rings is 2. The zero-order valence-corrected chi connectivity index (χ0v) is 23.0. The summed E-state index contributed by atoms with van der Waals surface area (Å²) in [7, 11) is 0. The maximum Gasteiger partial charge on any atom is 0.306 e. The van der Waals surface area contributed by atoms with E-state index in [0.29, 0.717) is 24.9 Å². The Morgan fingerprint density at radius 1 is 0.971 bits per heavy atom. The minimum absolute atomic E-state index is 0.136. The first kappa shape index (κ1) is 27.4. The number of ether oxygens (including phenoxy) is 1. The smallest absolute Gasteiger partial charge is 0.306 e. The molecule has 0 saturated carbocycles. The van der Waals surface area contributed by atoms with Gasteiger partial charge in [0.15, 0.2) is 0 Å². The number of thioether (sulfide) groups is 1. The molecule has 0 bridgehead atoms. The average Bonchev–Trinajstić information content (AvgIpc) is 2.89. The molecule has 0 aromatic heterocycles. The molecule has 0 spiro atoms. The van der Waals surface area contributed by atoms with Crippen molar-refractivity contribution in [2.45, 2.75) is 102 Å². The van der Waals surface area contributed by atoms with Crippen LogP contribution in [-0.2, 0) is 27.8 Å². The minimum Gasteiger partial charge on any atom is -0.466 e. The molecule has 3 heteroatoms. The van der Waals surface area contributed by atoms with Gasteiger partial charge in [0.1, 0.15) is 0 Å². The molecule has 0 radical (unpaired) electrons. The lowest BCUT2D eigenvalue weighted by molar-refractivity contribution is -0.143. The molecular weight excluding hydrogens is 448 g/mol. The van der Waals surface area contributed by atoms with Crippen LogP contribution in [0.25, 0.3) is 0 Å². The van der Waals surface area contributed by atoms with Gasteiger partial charge < -0.3 is 4.74 Å². The van der Waals surface area contributed by atoms with Gasteiger partial charge in [-0.05, 0) is 97.6 Å². The van der Waals surface area contributed by atoms with Crippen LogP contribution in [0, 0.1) is 11.8 Å². The summed E-state index contributed by atoms with van der Waals surface area (Å²) in [4.78, 5) is 13.1. The van der Waals surface area contributed by atoms with Crippen LogP contribution < -0.4 is 0 Å². The first-order valence-electron chi connectivity index (χ1n) is 13.6. The van der Waals surface area contributed by atoms with Crippen molar-refractivity contribution >= 4 is 17.7 Å². The first-order chi connectivity index (χ1) is 17.0. The predicted octanol–water partition coefficient (Wildman–Crippen LogP) is 8.26. The molecule has 0 unspecified atom stereocenters. The third-order valence-electron chi connectivity index (χ3n) is 7.49. The molecule has 0 amide bonds. The number of carbonyl (C=O) groups is 1. The van der Waals surface area contributed by atoms with Crippen molar-refractivity contribution in [3.63, 3.8) is 0 Å². The zero-order chi connectivity index (χ0) is 25.1. The van der Waals surface area contributed by atoms with Gasteiger partial charge in [-0.3, -0.25) is 4.79 Å².